The number of nitrogen functional groups attached to an aromatic ring is 1. The van der Waals surface area contributed by atoms with Gasteiger partial charge in [0.25, 0.3) is 11.8 Å². The third-order valence-corrected chi connectivity index (χ3v) is 9.77. The van der Waals surface area contributed by atoms with Crippen LogP contribution < -0.4 is 16.4 Å². The minimum absolute atomic E-state index is 0.0103. The molecule has 1 atom stereocenters. The van der Waals surface area contributed by atoms with E-state index in [4.69, 9.17) is 5.73 Å². The summed E-state index contributed by atoms with van der Waals surface area (Å²) in [5, 5.41) is 6.21. The summed E-state index contributed by atoms with van der Waals surface area (Å²) in [5.41, 5.74) is 9.11. The van der Waals surface area contributed by atoms with Crippen LogP contribution in [0.4, 0.5) is 10.1 Å². The van der Waals surface area contributed by atoms with E-state index in [1.165, 1.54) is 17.0 Å². The number of carbonyl (C=O) groups is 3. The first-order valence-electron chi connectivity index (χ1n) is 15.8. The van der Waals surface area contributed by atoms with Gasteiger partial charge in [0.2, 0.25) is 5.91 Å². The number of nitrogens with one attached hydrogen (secondary N) is 2. The Hall–Kier alpha value is -3.79. The van der Waals surface area contributed by atoms with Gasteiger partial charge in [-0.1, -0.05) is 74.9 Å². The van der Waals surface area contributed by atoms with Gasteiger partial charge in [-0.3, -0.25) is 14.4 Å². The fourth-order valence-electron chi connectivity index (χ4n) is 6.37. The number of halogens is 1. The van der Waals surface area contributed by atoms with Crippen molar-refractivity contribution in [2.45, 2.75) is 95.7 Å². The Morgan fingerprint density at radius 1 is 0.932 bits per heavy atom. The second-order valence-electron chi connectivity index (χ2n) is 12.1. The van der Waals surface area contributed by atoms with E-state index < -0.39 is 17.8 Å². The van der Waals surface area contributed by atoms with Gasteiger partial charge in [-0.05, 0) is 79.4 Å². The van der Waals surface area contributed by atoms with Gasteiger partial charge in [-0.15, -0.1) is 0 Å². The number of aryl methyl sites for hydroxylation is 1. The fraction of sp³-hybridized carbons (Fsp3) is 0.471. The van der Waals surface area contributed by atoms with Crippen LogP contribution in [0.5, 0.6) is 0 Å². The Morgan fingerprint density at radius 2 is 1.55 bits per heavy atom. The number of aromatic nitrogens is 1. The molecule has 2 aliphatic carbocycles. The molecule has 4 N–H and O–H groups in total. The summed E-state index contributed by atoms with van der Waals surface area (Å²) >= 11 is 0.871. The number of amides is 3. The van der Waals surface area contributed by atoms with Gasteiger partial charge < -0.3 is 21.3 Å². The van der Waals surface area contributed by atoms with Crippen LogP contribution in [0.2, 0.25) is 0 Å². The molecule has 5 rings (SSSR count). The zero-order valence-corrected chi connectivity index (χ0v) is 26.1. The molecule has 0 unspecified atom stereocenters. The van der Waals surface area contributed by atoms with Crippen molar-refractivity contribution in [1.29, 1.82) is 0 Å². The molecule has 0 bridgehead atoms. The topological polar surface area (TPSA) is 117 Å². The van der Waals surface area contributed by atoms with Crippen LogP contribution in [-0.4, -0.2) is 45.6 Å². The van der Waals surface area contributed by atoms with Crippen LogP contribution in [0.15, 0.2) is 48.5 Å². The molecule has 2 aliphatic rings. The van der Waals surface area contributed by atoms with Crippen molar-refractivity contribution >= 4 is 34.9 Å². The van der Waals surface area contributed by atoms with Crippen molar-refractivity contribution in [3.8, 4) is 0 Å². The maximum Gasteiger partial charge on any atom is 0.273 e. The third kappa shape index (κ3) is 7.64. The van der Waals surface area contributed by atoms with Crippen LogP contribution in [0, 0.1) is 12.7 Å². The maximum absolute atomic E-state index is 14.4. The standard InChI is InChI=1S/C34H42FN5O3S/c1-22-10-8-9-11-23(22)20-21-40(30(24-16-18-25(35)19-17-24)33(42)38-27-14-6-3-7-15-27)34(43)31-28(36)29(39-44-31)32(41)37-26-12-4-2-5-13-26/h8-11,16-19,26-27,30H,2-7,12-15,20-21,36H2,1H3,(H,37,41)(H,38,42)/t30-/m1/s1. The van der Waals surface area contributed by atoms with Crippen LogP contribution >= 0.6 is 11.5 Å². The minimum atomic E-state index is -1.03. The zero-order valence-electron chi connectivity index (χ0n) is 25.3. The second kappa shape index (κ2) is 14.8. The van der Waals surface area contributed by atoms with Crippen molar-refractivity contribution in [1.82, 2.24) is 19.9 Å². The lowest BCUT2D eigenvalue weighted by Gasteiger charge is -2.33. The summed E-state index contributed by atoms with van der Waals surface area (Å²) in [6.07, 6.45) is 10.5. The number of hydrogen-bond acceptors (Lipinski definition) is 6. The molecule has 2 saturated carbocycles. The first-order valence-corrected chi connectivity index (χ1v) is 16.6. The summed E-state index contributed by atoms with van der Waals surface area (Å²) < 4.78 is 18.3. The molecular weight excluding hydrogens is 577 g/mol. The summed E-state index contributed by atoms with van der Waals surface area (Å²) in [6, 6.07) is 12.7. The summed E-state index contributed by atoms with van der Waals surface area (Å²) in [6.45, 7) is 2.21. The van der Waals surface area contributed by atoms with E-state index in [1.807, 2.05) is 31.2 Å². The first kappa shape index (κ1) is 31.6. The second-order valence-corrected chi connectivity index (χ2v) is 12.8. The number of nitrogens with zero attached hydrogens (tertiary/aromatic N) is 2. The monoisotopic (exact) mass is 619 g/mol. The van der Waals surface area contributed by atoms with E-state index >= 15 is 0 Å². The molecule has 2 fully saturated rings. The molecule has 1 heterocycles. The van der Waals surface area contributed by atoms with E-state index in [-0.39, 0.29) is 46.7 Å². The Kier molecular flexibility index (Phi) is 10.6. The Labute approximate surface area is 262 Å². The normalized spacial score (nSPS) is 16.7. The van der Waals surface area contributed by atoms with Crippen molar-refractivity contribution in [3.63, 3.8) is 0 Å². The molecule has 0 radical (unpaired) electrons. The average molecular weight is 620 g/mol. The van der Waals surface area contributed by atoms with E-state index in [9.17, 15) is 18.8 Å². The molecule has 8 nitrogen and oxygen atoms in total. The molecule has 2 aromatic carbocycles. The van der Waals surface area contributed by atoms with Gasteiger partial charge >= 0.3 is 0 Å². The van der Waals surface area contributed by atoms with Gasteiger partial charge in [0.05, 0.1) is 5.69 Å². The molecule has 44 heavy (non-hydrogen) atoms. The van der Waals surface area contributed by atoms with E-state index in [1.54, 1.807) is 12.1 Å². The summed E-state index contributed by atoms with van der Waals surface area (Å²) in [5.74, 6) is -1.63. The first-order chi connectivity index (χ1) is 21.3. The Morgan fingerprint density at radius 3 is 2.18 bits per heavy atom. The predicted molar refractivity (Wildman–Crippen MR) is 171 cm³/mol. The van der Waals surface area contributed by atoms with Crippen molar-refractivity contribution in [2.24, 2.45) is 0 Å². The van der Waals surface area contributed by atoms with Crippen LogP contribution in [0.25, 0.3) is 0 Å². The van der Waals surface area contributed by atoms with Crippen LogP contribution in [0.3, 0.4) is 0 Å². The predicted octanol–water partition coefficient (Wildman–Crippen LogP) is 6.11. The molecule has 234 valence electrons. The van der Waals surface area contributed by atoms with Crippen LogP contribution in [-0.2, 0) is 11.2 Å². The molecule has 0 spiro atoms. The third-order valence-electron chi connectivity index (χ3n) is 8.92. The number of rotatable bonds is 10. The molecule has 0 saturated heterocycles. The Bertz CT molecular complexity index is 1450. The van der Waals surface area contributed by atoms with E-state index in [0.29, 0.717) is 12.0 Å². The van der Waals surface area contributed by atoms with Gasteiger partial charge in [-0.2, -0.15) is 4.37 Å². The van der Waals surface area contributed by atoms with Gasteiger partial charge in [0.1, 0.15) is 16.7 Å². The van der Waals surface area contributed by atoms with Gasteiger partial charge in [0, 0.05) is 18.6 Å². The smallest absolute Gasteiger partial charge is 0.273 e. The van der Waals surface area contributed by atoms with Crippen molar-refractivity contribution in [3.05, 3.63) is 81.6 Å². The highest BCUT2D eigenvalue weighted by atomic mass is 32.1. The van der Waals surface area contributed by atoms with E-state index in [0.717, 1.165) is 86.9 Å². The molecule has 0 aliphatic heterocycles. The molecule has 10 heteroatoms. The van der Waals surface area contributed by atoms with E-state index in [2.05, 4.69) is 15.0 Å². The molecule has 3 amide bonds. The Balaban J connectivity index is 1.48. The summed E-state index contributed by atoms with van der Waals surface area (Å²) in [7, 11) is 0. The van der Waals surface area contributed by atoms with Crippen molar-refractivity contribution < 1.29 is 18.8 Å². The number of hydrogen-bond donors (Lipinski definition) is 3. The summed E-state index contributed by atoms with van der Waals surface area (Å²) in [4.78, 5) is 43.2. The highest BCUT2D eigenvalue weighted by molar-refractivity contribution is 7.09. The largest absolute Gasteiger partial charge is 0.395 e. The SMILES string of the molecule is Cc1ccccc1CCN(C(=O)c1snc(C(=O)NC2CCCCC2)c1N)[C@@H](C(=O)NC1CCCCC1)c1ccc(F)cc1. The lowest BCUT2D eigenvalue weighted by molar-refractivity contribution is -0.126. The van der Waals surface area contributed by atoms with Crippen LogP contribution in [0.1, 0.15) is 107 Å². The lowest BCUT2D eigenvalue weighted by Crippen LogP contribution is -2.47. The average Bonchev–Trinajstić information content (AvgIpc) is 3.42. The zero-order chi connectivity index (χ0) is 31.1. The van der Waals surface area contributed by atoms with Crippen molar-refractivity contribution in [2.75, 3.05) is 12.3 Å². The number of nitrogens with two attached hydrogens (primary N) is 1. The van der Waals surface area contributed by atoms with Gasteiger partial charge in [-0.25, -0.2) is 4.39 Å². The lowest BCUT2D eigenvalue weighted by atomic mass is 9.94. The highest BCUT2D eigenvalue weighted by Gasteiger charge is 2.36. The number of anilines is 1. The fourth-order valence-corrected chi connectivity index (χ4v) is 7.12. The molecule has 3 aromatic rings. The number of benzene rings is 2. The molecule has 1 aromatic heterocycles. The maximum atomic E-state index is 14.4. The minimum Gasteiger partial charge on any atom is -0.395 e. The highest BCUT2D eigenvalue weighted by Crippen LogP contribution is 2.31. The quantitative estimate of drug-likeness (QED) is 0.253. The number of carbonyl (C=O) groups excluding carboxylic acids is 3. The molecular formula is C34H42FN5O3S. The van der Waals surface area contributed by atoms with Gasteiger partial charge in [0.15, 0.2) is 5.69 Å².